The third-order valence-electron chi connectivity index (χ3n) is 3.05. The van der Waals surface area contributed by atoms with E-state index in [9.17, 15) is 4.79 Å². The van der Waals surface area contributed by atoms with E-state index in [1.54, 1.807) is 24.3 Å². The molecular formula is C17H21N2O3+. The SMILES string of the molecule is CCOc1cc(NC(=O)c2ccccc2)c(OCC)cc1[NH3+]. The first-order valence-corrected chi connectivity index (χ1v) is 7.27. The Labute approximate surface area is 130 Å². The van der Waals surface area contributed by atoms with Crippen molar-refractivity contribution < 1.29 is 20.0 Å². The quantitative estimate of drug-likeness (QED) is 0.861. The Morgan fingerprint density at radius 1 is 1.05 bits per heavy atom. The van der Waals surface area contributed by atoms with Crippen LogP contribution in [0.3, 0.4) is 0 Å². The van der Waals surface area contributed by atoms with Crippen molar-refractivity contribution in [3.63, 3.8) is 0 Å². The summed E-state index contributed by atoms with van der Waals surface area (Å²) in [5.41, 5.74) is 5.83. The lowest BCUT2D eigenvalue weighted by Crippen LogP contribution is -2.40. The summed E-state index contributed by atoms with van der Waals surface area (Å²) in [6.45, 7) is 4.82. The molecule has 0 saturated heterocycles. The number of hydrogen-bond acceptors (Lipinski definition) is 3. The van der Waals surface area contributed by atoms with Crippen LogP contribution in [0.4, 0.5) is 11.4 Å². The van der Waals surface area contributed by atoms with E-state index in [1.165, 1.54) is 0 Å². The number of hydrogen-bond donors (Lipinski definition) is 2. The average molecular weight is 301 g/mol. The fourth-order valence-electron chi connectivity index (χ4n) is 2.05. The summed E-state index contributed by atoms with van der Waals surface area (Å²) in [6, 6.07) is 12.6. The molecule has 0 saturated carbocycles. The highest BCUT2D eigenvalue weighted by Gasteiger charge is 2.15. The number of amides is 1. The molecule has 2 aromatic carbocycles. The van der Waals surface area contributed by atoms with Crippen molar-refractivity contribution in [2.75, 3.05) is 18.5 Å². The number of quaternary nitrogens is 1. The summed E-state index contributed by atoms with van der Waals surface area (Å²) in [7, 11) is 0. The van der Waals surface area contributed by atoms with Gasteiger partial charge >= 0.3 is 0 Å². The molecule has 5 nitrogen and oxygen atoms in total. The topological polar surface area (TPSA) is 75.2 Å². The molecule has 0 aromatic heterocycles. The Morgan fingerprint density at radius 2 is 1.68 bits per heavy atom. The van der Waals surface area contributed by atoms with Gasteiger partial charge in [0, 0.05) is 17.7 Å². The zero-order chi connectivity index (χ0) is 15.9. The van der Waals surface area contributed by atoms with Gasteiger partial charge in [-0.3, -0.25) is 4.79 Å². The molecule has 0 spiro atoms. The van der Waals surface area contributed by atoms with Gasteiger partial charge in [-0.2, -0.15) is 0 Å². The number of carbonyl (C=O) groups is 1. The van der Waals surface area contributed by atoms with Gasteiger partial charge in [-0.15, -0.1) is 0 Å². The Kier molecular flexibility index (Phi) is 5.38. The third kappa shape index (κ3) is 3.77. The largest absolute Gasteiger partial charge is 0.491 e. The second kappa shape index (κ2) is 7.47. The standard InChI is InChI=1S/C17H20N2O3/c1-3-21-15-11-14(16(22-4-2)10-13(15)18)19-17(20)12-8-6-5-7-9-12/h5-11H,3-4,18H2,1-2H3,(H,19,20)/p+1. The van der Waals surface area contributed by atoms with Crippen LogP contribution in [0.5, 0.6) is 11.5 Å². The van der Waals surface area contributed by atoms with Gasteiger partial charge < -0.3 is 20.5 Å². The van der Waals surface area contributed by atoms with Crippen molar-refractivity contribution in [3.05, 3.63) is 48.0 Å². The first kappa shape index (κ1) is 15.9. The normalized spacial score (nSPS) is 10.1. The minimum atomic E-state index is -0.194. The van der Waals surface area contributed by atoms with Gasteiger partial charge in [-0.05, 0) is 26.0 Å². The van der Waals surface area contributed by atoms with Crippen LogP contribution in [0, 0.1) is 0 Å². The lowest BCUT2D eigenvalue weighted by atomic mass is 10.2. The van der Waals surface area contributed by atoms with E-state index < -0.39 is 0 Å². The maximum atomic E-state index is 12.3. The van der Waals surface area contributed by atoms with E-state index in [2.05, 4.69) is 11.1 Å². The maximum Gasteiger partial charge on any atom is 0.255 e. The molecule has 116 valence electrons. The van der Waals surface area contributed by atoms with Gasteiger partial charge in [0.25, 0.3) is 5.91 Å². The summed E-state index contributed by atoms with van der Waals surface area (Å²) >= 11 is 0. The van der Waals surface area contributed by atoms with Gasteiger partial charge in [-0.1, -0.05) is 18.2 Å². The van der Waals surface area contributed by atoms with Crippen molar-refractivity contribution in [1.82, 2.24) is 0 Å². The predicted molar refractivity (Wildman–Crippen MR) is 85.7 cm³/mol. The summed E-state index contributed by atoms with van der Waals surface area (Å²) in [5.74, 6) is 1.02. The van der Waals surface area contributed by atoms with Crippen LogP contribution in [0.25, 0.3) is 0 Å². The number of carbonyl (C=O) groups excluding carboxylic acids is 1. The molecule has 2 rings (SSSR count). The number of anilines is 1. The molecule has 4 N–H and O–H groups in total. The van der Waals surface area contributed by atoms with Crippen molar-refractivity contribution in [2.24, 2.45) is 0 Å². The number of rotatable bonds is 6. The molecule has 22 heavy (non-hydrogen) atoms. The molecule has 2 aromatic rings. The van der Waals surface area contributed by atoms with Gasteiger partial charge in [0.15, 0.2) is 11.4 Å². The van der Waals surface area contributed by atoms with Crippen LogP contribution in [0.1, 0.15) is 24.2 Å². The van der Waals surface area contributed by atoms with Crippen molar-refractivity contribution in [2.45, 2.75) is 13.8 Å². The van der Waals surface area contributed by atoms with Crippen molar-refractivity contribution in [3.8, 4) is 11.5 Å². The smallest absolute Gasteiger partial charge is 0.255 e. The Morgan fingerprint density at radius 3 is 2.32 bits per heavy atom. The molecule has 0 atom stereocenters. The minimum absolute atomic E-state index is 0.194. The highest BCUT2D eigenvalue weighted by molar-refractivity contribution is 6.05. The van der Waals surface area contributed by atoms with Gasteiger partial charge in [0.1, 0.15) is 5.75 Å². The van der Waals surface area contributed by atoms with Crippen molar-refractivity contribution in [1.29, 1.82) is 0 Å². The van der Waals surface area contributed by atoms with Crippen LogP contribution in [-0.2, 0) is 0 Å². The molecule has 0 radical (unpaired) electrons. The van der Waals surface area contributed by atoms with Crippen LogP contribution < -0.4 is 20.5 Å². The van der Waals surface area contributed by atoms with E-state index in [0.29, 0.717) is 36.0 Å². The highest BCUT2D eigenvalue weighted by Crippen LogP contribution is 2.34. The second-order valence-corrected chi connectivity index (χ2v) is 4.64. The molecule has 0 aliphatic carbocycles. The molecule has 0 bridgehead atoms. The maximum absolute atomic E-state index is 12.3. The average Bonchev–Trinajstić information content (AvgIpc) is 2.53. The van der Waals surface area contributed by atoms with Gasteiger partial charge in [0.05, 0.1) is 18.9 Å². The van der Waals surface area contributed by atoms with E-state index in [-0.39, 0.29) is 5.91 Å². The first-order chi connectivity index (χ1) is 10.7. The molecule has 0 unspecified atom stereocenters. The van der Waals surface area contributed by atoms with Gasteiger partial charge in [0.2, 0.25) is 0 Å². The number of nitrogens with one attached hydrogen (secondary N) is 1. The van der Waals surface area contributed by atoms with E-state index in [0.717, 1.165) is 5.69 Å². The minimum Gasteiger partial charge on any atom is -0.491 e. The summed E-state index contributed by atoms with van der Waals surface area (Å²) < 4.78 is 11.1. The Balaban J connectivity index is 2.31. The lowest BCUT2D eigenvalue weighted by molar-refractivity contribution is -0.256. The lowest BCUT2D eigenvalue weighted by Gasteiger charge is -2.14. The molecular weight excluding hydrogens is 280 g/mol. The number of benzene rings is 2. The fourth-order valence-corrected chi connectivity index (χ4v) is 2.05. The molecule has 0 heterocycles. The highest BCUT2D eigenvalue weighted by atomic mass is 16.5. The van der Waals surface area contributed by atoms with Crippen LogP contribution in [0.15, 0.2) is 42.5 Å². The van der Waals surface area contributed by atoms with E-state index >= 15 is 0 Å². The van der Waals surface area contributed by atoms with Crippen molar-refractivity contribution >= 4 is 17.3 Å². The summed E-state index contributed by atoms with van der Waals surface area (Å²) in [4.78, 5) is 12.3. The Hall–Kier alpha value is -2.53. The summed E-state index contributed by atoms with van der Waals surface area (Å²) in [6.07, 6.45) is 0. The molecule has 0 aliphatic rings. The zero-order valence-electron chi connectivity index (χ0n) is 12.9. The molecule has 0 fully saturated rings. The van der Waals surface area contributed by atoms with Crippen LogP contribution >= 0.6 is 0 Å². The van der Waals surface area contributed by atoms with Crippen LogP contribution in [0.2, 0.25) is 0 Å². The third-order valence-corrected chi connectivity index (χ3v) is 3.05. The second-order valence-electron chi connectivity index (χ2n) is 4.64. The number of ether oxygens (including phenoxy) is 2. The zero-order valence-corrected chi connectivity index (χ0v) is 12.9. The summed E-state index contributed by atoms with van der Waals surface area (Å²) in [5, 5.41) is 2.87. The Bertz CT molecular complexity index is 642. The van der Waals surface area contributed by atoms with E-state index in [1.807, 2.05) is 32.0 Å². The molecule has 0 aliphatic heterocycles. The predicted octanol–water partition coefficient (Wildman–Crippen LogP) is 2.61. The van der Waals surface area contributed by atoms with Crippen LogP contribution in [-0.4, -0.2) is 19.1 Å². The monoisotopic (exact) mass is 301 g/mol. The first-order valence-electron chi connectivity index (χ1n) is 7.27. The molecule has 1 amide bonds. The van der Waals surface area contributed by atoms with Gasteiger partial charge in [-0.25, -0.2) is 0 Å². The fraction of sp³-hybridized carbons (Fsp3) is 0.235. The molecule has 5 heteroatoms. The van der Waals surface area contributed by atoms with E-state index in [4.69, 9.17) is 9.47 Å².